The molecule has 0 amide bonds. The van der Waals surface area contributed by atoms with Crippen LogP contribution >= 0.6 is 11.6 Å². The zero-order valence-electron chi connectivity index (χ0n) is 18.9. The van der Waals surface area contributed by atoms with E-state index in [0.717, 1.165) is 0 Å². The summed E-state index contributed by atoms with van der Waals surface area (Å²) >= 11 is 5.58. The van der Waals surface area contributed by atoms with Crippen molar-refractivity contribution >= 4 is 29.5 Å². The summed E-state index contributed by atoms with van der Waals surface area (Å²) in [5.74, 6) is -2.80. The van der Waals surface area contributed by atoms with E-state index in [1.54, 1.807) is 12.1 Å². The smallest absolute Gasteiger partial charge is 1.00 e. The summed E-state index contributed by atoms with van der Waals surface area (Å²) in [6.45, 7) is 0. The van der Waals surface area contributed by atoms with Gasteiger partial charge in [0.15, 0.2) is 0 Å². The van der Waals surface area contributed by atoms with E-state index in [-0.39, 0.29) is 87.0 Å². The molecule has 0 saturated carbocycles. The number of ether oxygens (including phenoxy) is 1. The molecule has 152 valence electrons. The predicted molar refractivity (Wildman–Crippen MR) is 104 cm³/mol. The van der Waals surface area contributed by atoms with Gasteiger partial charge in [0, 0.05) is 23.6 Å². The van der Waals surface area contributed by atoms with Crippen LogP contribution < -0.4 is 51.4 Å². The first-order chi connectivity index (χ1) is 14.7. The number of hydrogen-bond acceptors (Lipinski definition) is 7. The van der Waals surface area contributed by atoms with Gasteiger partial charge in [-0.2, -0.15) is 0 Å². The Morgan fingerprint density at radius 2 is 1.50 bits per heavy atom. The minimum absolute atomic E-state index is 0. The standard InChI is InChI=1S/C7H6ClNO2.2C6H5NO2.K.H/c1-11-7(10)6-4-5(8)2-3-9-6;2*8-6(9)5-3-1-2-4-7-5;;/h2-4H,1H3;2*1-4H,(H,8,9);;/q;;;+1;-1/i4D;3D;;;. The van der Waals surface area contributed by atoms with E-state index in [1.165, 1.54) is 50.0 Å². The van der Waals surface area contributed by atoms with Gasteiger partial charge in [-0.15, -0.1) is 0 Å². The maximum absolute atomic E-state index is 10.9. The number of halogens is 1. The van der Waals surface area contributed by atoms with Gasteiger partial charge < -0.3 is 16.4 Å². The van der Waals surface area contributed by atoms with Gasteiger partial charge >= 0.3 is 69.3 Å². The molecule has 0 aromatic carbocycles. The van der Waals surface area contributed by atoms with Crippen molar-refractivity contribution in [3.63, 3.8) is 0 Å². The molecule has 0 bridgehead atoms. The molecular weight excluding hydrogens is 441 g/mol. The Labute approximate surface area is 223 Å². The maximum atomic E-state index is 10.9. The zero-order valence-corrected chi connectivity index (χ0v) is 19.8. The molecular formula is C19H17ClKN3O6. The molecule has 0 saturated heterocycles. The monoisotopic (exact) mass is 459 g/mol. The zero-order chi connectivity index (χ0) is 23.4. The van der Waals surface area contributed by atoms with E-state index in [1.807, 2.05) is 0 Å². The van der Waals surface area contributed by atoms with E-state index >= 15 is 0 Å². The molecule has 0 spiro atoms. The topological polar surface area (TPSA) is 140 Å². The fraction of sp³-hybridized carbons (Fsp3) is 0.0526. The minimum Gasteiger partial charge on any atom is -1.00 e. The number of rotatable bonds is 3. The van der Waals surface area contributed by atoms with Crippen molar-refractivity contribution in [3.8, 4) is 0 Å². The number of esters is 1. The Hall–Kier alpha value is -2.21. The molecule has 9 nitrogen and oxygen atoms in total. The fourth-order valence-corrected chi connectivity index (χ4v) is 1.64. The first kappa shape index (κ1) is 24.1. The number of carbonyl (C=O) groups is 3. The van der Waals surface area contributed by atoms with Crippen molar-refractivity contribution in [2.24, 2.45) is 0 Å². The Kier molecular flexibility index (Phi) is 12.5. The second kappa shape index (κ2) is 15.6. The molecule has 0 atom stereocenters. The molecule has 0 aliphatic carbocycles. The first-order valence-corrected chi connectivity index (χ1v) is 8.05. The molecule has 0 aliphatic heterocycles. The van der Waals surface area contributed by atoms with Crippen molar-refractivity contribution in [3.05, 3.63) is 89.2 Å². The van der Waals surface area contributed by atoms with E-state index in [2.05, 4.69) is 19.7 Å². The molecule has 3 aromatic heterocycles. The Bertz CT molecular complexity index is 1060. The van der Waals surface area contributed by atoms with E-state index in [4.69, 9.17) is 24.6 Å². The molecule has 0 fully saturated rings. The normalized spacial score (nSPS) is 9.67. The second-order valence-electron chi connectivity index (χ2n) is 4.71. The van der Waals surface area contributed by atoms with Gasteiger partial charge in [0.2, 0.25) is 0 Å². The minimum atomic E-state index is -1.16. The molecule has 30 heavy (non-hydrogen) atoms. The molecule has 3 heterocycles. The number of methoxy groups -OCH3 is 1. The number of nitrogens with zero attached hydrogens (tertiary/aromatic N) is 3. The third-order valence-electron chi connectivity index (χ3n) is 2.73. The average molecular weight is 460 g/mol. The van der Waals surface area contributed by atoms with Crippen LogP contribution in [0.3, 0.4) is 0 Å². The molecule has 0 unspecified atom stereocenters. The summed E-state index contributed by atoms with van der Waals surface area (Å²) in [7, 11) is 1.23. The third kappa shape index (κ3) is 11.1. The molecule has 0 aliphatic rings. The number of carboxylic acid groups (broad SMARTS) is 2. The van der Waals surface area contributed by atoms with Crippen LogP contribution in [-0.4, -0.2) is 50.2 Å². The van der Waals surface area contributed by atoms with Crippen LogP contribution in [0.4, 0.5) is 0 Å². The Morgan fingerprint density at radius 3 is 1.93 bits per heavy atom. The number of carbonyl (C=O) groups excluding carboxylic acids is 1. The summed E-state index contributed by atoms with van der Waals surface area (Å²) in [6.07, 6.45) is 4.15. The molecule has 0 radical (unpaired) electrons. The van der Waals surface area contributed by atoms with Gasteiger partial charge in [-0.3, -0.25) is 0 Å². The van der Waals surface area contributed by atoms with Gasteiger partial charge in [-0.05, 0) is 36.4 Å². The number of hydrogen-bond donors (Lipinski definition) is 2. The van der Waals surface area contributed by atoms with Crippen LogP contribution in [0.15, 0.2) is 67.1 Å². The maximum Gasteiger partial charge on any atom is 1.00 e. The largest absolute Gasteiger partial charge is 1.00 e. The van der Waals surface area contributed by atoms with Crippen molar-refractivity contribution < 1.29 is 84.9 Å². The Morgan fingerprint density at radius 1 is 0.933 bits per heavy atom. The number of aromatic carboxylic acids is 2. The summed E-state index contributed by atoms with van der Waals surface area (Å²) < 4.78 is 18.8. The van der Waals surface area contributed by atoms with Crippen molar-refractivity contribution in [1.29, 1.82) is 0 Å². The van der Waals surface area contributed by atoms with E-state index < -0.39 is 17.9 Å². The van der Waals surface area contributed by atoms with Crippen molar-refractivity contribution in [1.82, 2.24) is 15.0 Å². The van der Waals surface area contributed by atoms with Crippen molar-refractivity contribution in [2.75, 3.05) is 7.11 Å². The van der Waals surface area contributed by atoms with Crippen LogP contribution in [0.2, 0.25) is 5.02 Å². The van der Waals surface area contributed by atoms with Gasteiger partial charge in [0.1, 0.15) is 17.1 Å². The molecule has 3 aromatic rings. The fourth-order valence-electron chi connectivity index (χ4n) is 1.50. The Balaban J connectivity index is 0. The van der Waals surface area contributed by atoms with Gasteiger partial charge in [0.25, 0.3) is 0 Å². The summed E-state index contributed by atoms with van der Waals surface area (Å²) in [4.78, 5) is 42.0. The quantitative estimate of drug-likeness (QED) is 0.415. The first-order valence-electron chi connectivity index (χ1n) is 8.67. The molecule has 2 N–H and O–H groups in total. The van der Waals surface area contributed by atoms with Crippen LogP contribution in [0.1, 0.15) is 35.6 Å². The summed E-state index contributed by atoms with van der Waals surface area (Å²) in [5.41, 5.74) is -0.190. The number of carboxylic acids is 2. The third-order valence-corrected chi connectivity index (χ3v) is 2.95. The van der Waals surface area contributed by atoms with Gasteiger partial charge in [0.05, 0.1) is 9.85 Å². The van der Waals surface area contributed by atoms with Gasteiger partial charge in [-0.25, -0.2) is 29.3 Å². The van der Waals surface area contributed by atoms with Crippen LogP contribution in [0, 0.1) is 0 Å². The SMILES string of the molecule is O=C(O)c1ccccn1.[2H]c1c(Cl)ccnc1C(=O)OC.[2H]c1cccnc1C(=O)O.[H-].[K+]. The number of pyridine rings is 3. The van der Waals surface area contributed by atoms with E-state index in [9.17, 15) is 14.4 Å². The number of aromatic nitrogens is 3. The van der Waals surface area contributed by atoms with Gasteiger partial charge in [-0.1, -0.05) is 23.7 Å². The summed E-state index contributed by atoms with van der Waals surface area (Å²) in [5, 5.41) is 16.9. The van der Waals surface area contributed by atoms with Crippen LogP contribution in [0.25, 0.3) is 0 Å². The molecule has 3 rings (SSSR count). The van der Waals surface area contributed by atoms with Crippen molar-refractivity contribution in [2.45, 2.75) is 0 Å². The van der Waals surface area contributed by atoms with Crippen LogP contribution in [0.5, 0.6) is 0 Å². The molecule has 11 heteroatoms. The average Bonchev–Trinajstić information content (AvgIpc) is 2.77. The predicted octanol–water partition coefficient (Wildman–Crippen LogP) is 0.198. The van der Waals surface area contributed by atoms with Crippen LogP contribution in [-0.2, 0) is 4.74 Å². The summed E-state index contributed by atoms with van der Waals surface area (Å²) in [6, 6.07) is 8.94. The van der Waals surface area contributed by atoms with E-state index in [0.29, 0.717) is 0 Å². The second-order valence-corrected chi connectivity index (χ2v) is 5.12.